The second-order valence-electron chi connectivity index (χ2n) is 6.03. The second-order valence-corrected chi connectivity index (χ2v) is 6.03. The van der Waals surface area contributed by atoms with Crippen LogP contribution < -0.4 is 5.32 Å². The van der Waals surface area contributed by atoms with E-state index in [2.05, 4.69) is 31.1 Å². The Labute approximate surface area is 106 Å². The first-order valence-corrected chi connectivity index (χ1v) is 7.20. The van der Waals surface area contributed by atoms with Crippen molar-refractivity contribution in [1.29, 1.82) is 0 Å². The molecule has 2 rings (SSSR count). The number of hydrogen-bond acceptors (Lipinski definition) is 3. The fourth-order valence-electron chi connectivity index (χ4n) is 3.13. The van der Waals surface area contributed by atoms with Crippen molar-refractivity contribution in [3.63, 3.8) is 0 Å². The van der Waals surface area contributed by atoms with Gasteiger partial charge in [-0.25, -0.2) is 0 Å². The molecule has 0 aromatic heterocycles. The lowest BCUT2D eigenvalue weighted by atomic mass is 9.89. The van der Waals surface area contributed by atoms with Crippen molar-refractivity contribution in [2.75, 3.05) is 26.7 Å². The van der Waals surface area contributed by atoms with Crippen molar-refractivity contribution in [3.05, 3.63) is 0 Å². The van der Waals surface area contributed by atoms with Crippen LogP contribution in [0.4, 0.5) is 0 Å². The van der Waals surface area contributed by atoms with Crippen LogP contribution in [0.5, 0.6) is 0 Å². The molecule has 17 heavy (non-hydrogen) atoms. The summed E-state index contributed by atoms with van der Waals surface area (Å²) >= 11 is 0. The smallest absolute Gasteiger partial charge is 0.0666 e. The molecule has 1 N–H and O–H groups in total. The predicted octanol–water partition coefficient (Wildman–Crippen LogP) is 2.02. The SMILES string of the molecule is CCC1(C)CC(N(C)CC2CCCN2)CCO1. The zero-order valence-electron chi connectivity index (χ0n) is 11.7. The van der Waals surface area contributed by atoms with Crippen LogP contribution in [0.3, 0.4) is 0 Å². The molecule has 0 aliphatic carbocycles. The quantitative estimate of drug-likeness (QED) is 0.813. The first-order valence-electron chi connectivity index (χ1n) is 7.20. The van der Waals surface area contributed by atoms with E-state index in [1.807, 2.05) is 0 Å². The number of hydrogen-bond donors (Lipinski definition) is 1. The molecule has 0 aromatic carbocycles. The molecule has 3 heteroatoms. The maximum Gasteiger partial charge on any atom is 0.0666 e. The van der Waals surface area contributed by atoms with Gasteiger partial charge in [0.15, 0.2) is 0 Å². The van der Waals surface area contributed by atoms with Crippen LogP contribution in [0.2, 0.25) is 0 Å². The molecule has 2 saturated heterocycles. The van der Waals surface area contributed by atoms with Crippen molar-refractivity contribution in [1.82, 2.24) is 10.2 Å². The molecule has 0 radical (unpaired) electrons. The third-order valence-electron chi connectivity index (χ3n) is 4.61. The van der Waals surface area contributed by atoms with Gasteiger partial charge in [-0.05, 0) is 52.6 Å². The van der Waals surface area contributed by atoms with Crippen molar-refractivity contribution < 1.29 is 4.74 Å². The highest BCUT2D eigenvalue weighted by molar-refractivity contribution is 4.88. The number of nitrogens with one attached hydrogen (secondary N) is 1. The molecule has 2 heterocycles. The molecular weight excluding hydrogens is 212 g/mol. The van der Waals surface area contributed by atoms with Crippen LogP contribution >= 0.6 is 0 Å². The van der Waals surface area contributed by atoms with Gasteiger partial charge in [-0.1, -0.05) is 6.92 Å². The summed E-state index contributed by atoms with van der Waals surface area (Å²) < 4.78 is 5.92. The minimum Gasteiger partial charge on any atom is -0.375 e. The summed E-state index contributed by atoms with van der Waals surface area (Å²) in [7, 11) is 2.28. The summed E-state index contributed by atoms with van der Waals surface area (Å²) in [6.07, 6.45) is 6.20. The van der Waals surface area contributed by atoms with Crippen molar-refractivity contribution >= 4 is 0 Å². The van der Waals surface area contributed by atoms with E-state index in [-0.39, 0.29) is 5.60 Å². The van der Waals surface area contributed by atoms with Gasteiger partial charge in [0, 0.05) is 25.2 Å². The monoisotopic (exact) mass is 240 g/mol. The van der Waals surface area contributed by atoms with Crippen LogP contribution in [-0.2, 0) is 4.74 Å². The van der Waals surface area contributed by atoms with Gasteiger partial charge in [0.05, 0.1) is 5.60 Å². The summed E-state index contributed by atoms with van der Waals surface area (Å²) in [5.41, 5.74) is 0.111. The lowest BCUT2D eigenvalue weighted by Crippen LogP contribution is -2.48. The van der Waals surface area contributed by atoms with E-state index in [0.29, 0.717) is 6.04 Å². The van der Waals surface area contributed by atoms with Crippen LogP contribution in [0.25, 0.3) is 0 Å². The summed E-state index contributed by atoms with van der Waals surface area (Å²) in [5, 5.41) is 3.59. The minimum atomic E-state index is 0.111. The molecule has 0 aromatic rings. The second kappa shape index (κ2) is 5.68. The molecule has 3 nitrogen and oxygen atoms in total. The Morgan fingerprint density at radius 2 is 2.24 bits per heavy atom. The Bertz CT molecular complexity index is 240. The molecule has 3 atom stereocenters. The molecule has 100 valence electrons. The topological polar surface area (TPSA) is 24.5 Å². The summed E-state index contributed by atoms with van der Waals surface area (Å²) in [4.78, 5) is 2.55. The van der Waals surface area contributed by atoms with Gasteiger partial charge in [0.1, 0.15) is 0 Å². The van der Waals surface area contributed by atoms with Crippen molar-refractivity contribution in [3.8, 4) is 0 Å². The van der Waals surface area contributed by atoms with Gasteiger partial charge >= 0.3 is 0 Å². The largest absolute Gasteiger partial charge is 0.375 e. The molecule has 0 saturated carbocycles. The Morgan fingerprint density at radius 3 is 2.88 bits per heavy atom. The third-order valence-corrected chi connectivity index (χ3v) is 4.61. The highest BCUT2D eigenvalue weighted by Crippen LogP contribution is 2.30. The molecule has 3 unspecified atom stereocenters. The summed E-state index contributed by atoms with van der Waals surface area (Å²) in [6.45, 7) is 7.84. The third kappa shape index (κ3) is 3.43. The van der Waals surface area contributed by atoms with E-state index in [9.17, 15) is 0 Å². The highest BCUT2D eigenvalue weighted by atomic mass is 16.5. The van der Waals surface area contributed by atoms with Gasteiger partial charge in [-0.3, -0.25) is 0 Å². The molecule has 0 spiro atoms. The van der Waals surface area contributed by atoms with Crippen LogP contribution in [-0.4, -0.2) is 49.3 Å². The molecule has 2 fully saturated rings. The van der Waals surface area contributed by atoms with Gasteiger partial charge in [-0.15, -0.1) is 0 Å². The summed E-state index contributed by atoms with van der Waals surface area (Å²) in [6, 6.07) is 1.42. The summed E-state index contributed by atoms with van der Waals surface area (Å²) in [5.74, 6) is 0. The molecule has 2 aliphatic heterocycles. The zero-order chi connectivity index (χ0) is 12.3. The number of nitrogens with zero attached hydrogens (tertiary/aromatic N) is 1. The lowest BCUT2D eigenvalue weighted by molar-refractivity contribution is -0.0940. The minimum absolute atomic E-state index is 0.111. The molecule has 2 aliphatic rings. The predicted molar refractivity (Wildman–Crippen MR) is 71.3 cm³/mol. The van der Waals surface area contributed by atoms with Gasteiger partial charge in [0.2, 0.25) is 0 Å². The number of ether oxygens (including phenoxy) is 1. The van der Waals surface area contributed by atoms with Crippen molar-refractivity contribution in [2.24, 2.45) is 0 Å². The van der Waals surface area contributed by atoms with Gasteiger partial charge < -0.3 is 15.0 Å². The van der Waals surface area contributed by atoms with E-state index in [1.165, 1.54) is 38.8 Å². The van der Waals surface area contributed by atoms with Gasteiger partial charge in [-0.2, -0.15) is 0 Å². The van der Waals surface area contributed by atoms with E-state index < -0.39 is 0 Å². The fraction of sp³-hybridized carbons (Fsp3) is 1.00. The Kier molecular flexibility index (Phi) is 4.45. The first-order chi connectivity index (χ1) is 8.13. The van der Waals surface area contributed by atoms with E-state index in [1.54, 1.807) is 0 Å². The maximum absolute atomic E-state index is 5.92. The van der Waals surface area contributed by atoms with Crippen LogP contribution in [0, 0.1) is 0 Å². The number of rotatable bonds is 4. The van der Waals surface area contributed by atoms with Crippen molar-refractivity contribution in [2.45, 2.75) is 63.6 Å². The Morgan fingerprint density at radius 1 is 1.41 bits per heavy atom. The van der Waals surface area contributed by atoms with E-state index in [0.717, 1.165) is 19.1 Å². The Hall–Kier alpha value is -0.120. The normalized spacial score (nSPS) is 38.8. The Balaban J connectivity index is 1.83. The molecule has 0 bridgehead atoms. The van der Waals surface area contributed by atoms with Crippen LogP contribution in [0.15, 0.2) is 0 Å². The van der Waals surface area contributed by atoms with Gasteiger partial charge in [0.25, 0.3) is 0 Å². The van der Waals surface area contributed by atoms with E-state index >= 15 is 0 Å². The standard InChI is InChI=1S/C14H28N2O/c1-4-14(2)10-13(7-9-17-14)16(3)11-12-6-5-8-15-12/h12-13,15H,4-11H2,1-3H3. The first kappa shape index (κ1) is 13.3. The number of likely N-dealkylation sites (N-methyl/N-ethyl adjacent to an activating group) is 1. The molecule has 0 amide bonds. The van der Waals surface area contributed by atoms with Crippen LogP contribution in [0.1, 0.15) is 46.0 Å². The average Bonchev–Trinajstić information content (AvgIpc) is 2.82. The molecular formula is C14H28N2O. The lowest BCUT2D eigenvalue weighted by Gasteiger charge is -2.42. The zero-order valence-corrected chi connectivity index (χ0v) is 11.7. The average molecular weight is 240 g/mol. The van der Waals surface area contributed by atoms with E-state index in [4.69, 9.17) is 4.74 Å². The maximum atomic E-state index is 5.92. The fourth-order valence-corrected chi connectivity index (χ4v) is 3.13. The highest BCUT2D eigenvalue weighted by Gasteiger charge is 2.34.